The number of ether oxygens (including phenoxy) is 2. The molecule has 0 radical (unpaired) electrons. The standard InChI is InChI=1S/C12H15NO2S/c1-2-12(13-5-1)16-9-3-4-10-11(8-9)15-7-6-14-10/h3-4,8,12-13H,1-2,5-7H2. The molecule has 1 fully saturated rings. The minimum absolute atomic E-state index is 0.558. The fourth-order valence-corrected chi connectivity index (χ4v) is 3.15. The Labute approximate surface area is 99.5 Å². The zero-order valence-electron chi connectivity index (χ0n) is 9.07. The summed E-state index contributed by atoms with van der Waals surface area (Å²) in [6, 6.07) is 6.20. The maximum absolute atomic E-state index is 5.57. The van der Waals surface area contributed by atoms with Crippen molar-refractivity contribution in [3.8, 4) is 11.5 Å². The fourth-order valence-electron chi connectivity index (χ4n) is 2.01. The van der Waals surface area contributed by atoms with Crippen LogP contribution in [0.1, 0.15) is 12.8 Å². The molecule has 0 spiro atoms. The Hall–Kier alpha value is -0.870. The molecule has 3 rings (SSSR count). The Morgan fingerprint density at radius 1 is 1.19 bits per heavy atom. The molecule has 2 aliphatic rings. The molecule has 16 heavy (non-hydrogen) atoms. The monoisotopic (exact) mass is 237 g/mol. The third-order valence-corrected chi connectivity index (χ3v) is 4.02. The van der Waals surface area contributed by atoms with Crippen molar-refractivity contribution < 1.29 is 9.47 Å². The maximum atomic E-state index is 5.57. The average Bonchev–Trinajstić information content (AvgIpc) is 2.82. The third kappa shape index (κ3) is 2.13. The summed E-state index contributed by atoms with van der Waals surface area (Å²) >= 11 is 1.88. The first-order valence-electron chi connectivity index (χ1n) is 5.71. The Morgan fingerprint density at radius 2 is 2.06 bits per heavy atom. The van der Waals surface area contributed by atoms with Gasteiger partial charge >= 0.3 is 0 Å². The highest BCUT2D eigenvalue weighted by Gasteiger charge is 2.17. The van der Waals surface area contributed by atoms with Gasteiger partial charge in [0.1, 0.15) is 13.2 Å². The molecule has 2 heterocycles. The van der Waals surface area contributed by atoms with Crippen molar-refractivity contribution in [1.29, 1.82) is 0 Å². The first-order chi connectivity index (χ1) is 7.92. The van der Waals surface area contributed by atoms with Gasteiger partial charge in [0.2, 0.25) is 0 Å². The van der Waals surface area contributed by atoms with Gasteiger partial charge < -0.3 is 14.8 Å². The van der Waals surface area contributed by atoms with Crippen LogP contribution in [-0.4, -0.2) is 25.1 Å². The van der Waals surface area contributed by atoms with Gasteiger partial charge in [-0.15, -0.1) is 11.8 Å². The Balaban J connectivity index is 1.74. The van der Waals surface area contributed by atoms with Crippen LogP contribution >= 0.6 is 11.8 Å². The van der Waals surface area contributed by atoms with Crippen molar-refractivity contribution in [2.24, 2.45) is 0 Å². The first kappa shape index (κ1) is 10.3. The van der Waals surface area contributed by atoms with Crippen LogP contribution in [0.3, 0.4) is 0 Å². The van der Waals surface area contributed by atoms with E-state index in [1.165, 1.54) is 17.7 Å². The van der Waals surface area contributed by atoms with Gasteiger partial charge in [-0.05, 0) is 37.6 Å². The molecule has 1 N–H and O–H groups in total. The van der Waals surface area contributed by atoms with Crippen LogP contribution < -0.4 is 14.8 Å². The van der Waals surface area contributed by atoms with Crippen molar-refractivity contribution in [1.82, 2.24) is 5.32 Å². The summed E-state index contributed by atoms with van der Waals surface area (Å²) in [4.78, 5) is 1.25. The SMILES string of the molecule is c1cc2c(cc1SC1CCCN1)OCCO2. The quantitative estimate of drug-likeness (QED) is 0.854. The molecule has 86 valence electrons. The number of thioether (sulfide) groups is 1. The predicted octanol–water partition coefficient (Wildman–Crippen LogP) is 2.26. The highest BCUT2D eigenvalue weighted by Crippen LogP contribution is 2.36. The number of hydrogen-bond donors (Lipinski definition) is 1. The largest absolute Gasteiger partial charge is 0.486 e. The molecule has 1 aromatic rings. The van der Waals surface area contributed by atoms with E-state index >= 15 is 0 Å². The lowest BCUT2D eigenvalue weighted by atomic mass is 10.3. The number of fused-ring (bicyclic) bond motifs is 1. The van der Waals surface area contributed by atoms with Crippen LogP contribution in [0.2, 0.25) is 0 Å². The molecule has 0 aromatic heterocycles. The second-order valence-corrected chi connectivity index (χ2v) is 5.28. The summed E-state index contributed by atoms with van der Waals surface area (Å²) in [6.45, 7) is 2.45. The van der Waals surface area contributed by atoms with Crippen molar-refractivity contribution in [3.63, 3.8) is 0 Å². The molecule has 0 bridgehead atoms. The normalized spacial score (nSPS) is 23.4. The van der Waals surface area contributed by atoms with Crippen molar-refractivity contribution >= 4 is 11.8 Å². The molecule has 1 aromatic carbocycles. The van der Waals surface area contributed by atoms with Gasteiger partial charge in [-0.2, -0.15) is 0 Å². The van der Waals surface area contributed by atoms with Gasteiger partial charge in [-0.1, -0.05) is 0 Å². The summed E-state index contributed by atoms with van der Waals surface area (Å²) in [7, 11) is 0. The number of hydrogen-bond acceptors (Lipinski definition) is 4. The van der Waals surface area contributed by atoms with E-state index in [0.29, 0.717) is 18.6 Å². The maximum Gasteiger partial charge on any atom is 0.162 e. The smallest absolute Gasteiger partial charge is 0.162 e. The molecule has 1 unspecified atom stereocenters. The van der Waals surface area contributed by atoms with E-state index in [-0.39, 0.29) is 0 Å². The van der Waals surface area contributed by atoms with Crippen LogP contribution in [0.5, 0.6) is 11.5 Å². The molecule has 1 saturated heterocycles. The summed E-state index contributed by atoms with van der Waals surface area (Å²) in [5, 5.41) is 4.03. The Morgan fingerprint density at radius 3 is 2.88 bits per heavy atom. The fraction of sp³-hybridized carbons (Fsp3) is 0.500. The molecule has 1 atom stereocenters. The van der Waals surface area contributed by atoms with E-state index in [1.807, 2.05) is 17.8 Å². The van der Waals surface area contributed by atoms with E-state index in [1.54, 1.807) is 0 Å². The van der Waals surface area contributed by atoms with Crippen LogP contribution in [0.15, 0.2) is 23.1 Å². The van der Waals surface area contributed by atoms with Crippen molar-refractivity contribution in [3.05, 3.63) is 18.2 Å². The molecule has 4 heteroatoms. The Kier molecular flexibility index (Phi) is 2.93. The van der Waals surface area contributed by atoms with E-state index in [2.05, 4.69) is 17.4 Å². The Bertz CT molecular complexity index is 377. The van der Waals surface area contributed by atoms with Gasteiger partial charge in [0, 0.05) is 4.90 Å². The van der Waals surface area contributed by atoms with Gasteiger partial charge in [-0.25, -0.2) is 0 Å². The lowest BCUT2D eigenvalue weighted by Gasteiger charge is -2.19. The molecular weight excluding hydrogens is 222 g/mol. The lowest BCUT2D eigenvalue weighted by Crippen LogP contribution is -2.17. The van der Waals surface area contributed by atoms with Gasteiger partial charge in [0.05, 0.1) is 5.37 Å². The van der Waals surface area contributed by atoms with E-state index in [9.17, 15) is 0 Å². The highest BCUT2D eigenvalue weighted by molar-refractivity contribution is 7.99. The molecule has 2 aliphatic heterocycles. The number of benzene rings is 1. The van der Waals surface area contributed by atoms with Crippen LogP contribution in [-0.2, 0) is 0 Å². The molecule has 0 amide bonds. The summed E-state index contributed by atoms with van der Waals surface area (Å²) in [6.07, 6.45) is 2.53. The van der Waals surface area contributed by atoms with Gasteiger partial charge in [-0.3, -0.25) is 0 Å². The zero-order chi connectivity index (χ0) is 10.8. The minimum atomic E-state index is 0.558. The average molecular weight is 237 g/mol. The lowest BCUT2D eigenvalue weighted by molar-refractivity contribution is 0.171. The highest BCUT2D eigenvalue weighted by atomic mass is 32.2. The summed E-state index contributed by atoms with van der Waals surface area (Å²) in [5.41, 5.74) is 0. The van der Waals surface area contributed by atoms with Crippen LogP contribution in [0, 0.1) is 0 Å². The second kappa shape index (κ2) is 4.55. The van der Waals surface area contributed by atoms with Crippen molar-refractivity contribution in [2.75, 3.05) is 19.8 Å². The van der Waals surface area contributed by atoms with Crippen LogP contribution in [0.4, 0.5) is 0 Å². The second-order valence-electron chi connectivity index (χ2n) is 4.01. The van der Waals surface area contributed by atoms with Crippen molar-refractivity contribution in [2.45, 2.75) is 23.1 Å². The summed E-state index contributed by atoms with van der Waals surface area (Å²) < 4.78 is 11.1. The zero-order valence-corrected chi connectivity index (χ0v) is 9.89. The number of rotatable bonds is 2. The third-order valence-electron chi connectivity index (χ3n) is 2.81. The van der Waals surface area contributed by atoms with E-state index in [0.717, 1.165) is 18.0 Å². The minimum Gasteiger partial charge on any atom is -0.486 e. The van der Waals surface area contributed by atoms with Crippen LogP contribution in [0.25, 0.3) is 0 Å². The molecule has 0 saturated carbocycles. The molecule has 0 aliphatic carbocycles. The van der Waals surface area contributed by atoms with Gasteiger partial charge in [0.15, 0.2) is 11.5 Å². The first-order valence-corrected chi connectivity index (χ1v) is 6.59. The number of nitrogens with one attached hydrogen (secondary N) is 1. The summed E-state index contributed by atoms with van der Waals surface area (Å²) in [5.74, 6) is 1.75. The van der Waals surface area contributed by atoms with E-state index in [4.69, 9.17) is 9.47 Å². The van der Waals surface area contributed by atoms with Gasteiger partial charge in [0.25, 0.3) is 0 Å². The molecule has 3 nitrogen and oxygen atoms in total. The predicted molar refractivity (Wildman–Crippen MR) is 64.3 cm³/mol. The topological polar surface area (TPSA) is 30.5 Å². The molecular formula is C12H15NO2S. The van der Waals surface area contributed by atoms with E-state index < -0.39 is 0 Å².